The van der Waals surface area contributed by atoms with Crippen LogP contribution >= 0.6 is 12.2 Å². The highest BCUT2D eigenvalue weighted by Crippen LogP contribution is 2.44. The van der Waals surface area contributed by atoms with E-state index in [1.165, 1.54) is 36.8 Å². The van der Waals surface area contributed by atoms with Crippen LogP contribution in [0.5, 0.6) is 0 Å². The van der Waals surface area contributed by atoms with Gasteiger partial charge in [-0.2, -0.15) is 0 Å². The molecule has 2 aliphatic carbocycles. The highest BCUT2D eigenvalue weighted by atomic mass is 32.1. The maximum absolute atomic E-state index is 5.64. The van der Waals surface area contributed by atoms with Crippen LogP contribution in [0.1, 0.15) is 42.9 Å². The lowest BCUT2D eigenvalue weighted by atomic mass is 9.95. The second-order valence-corrected chi connectivity index (χ2v) is 7.43. The van der Waals surface area contributed by atoms with Crippen LogP contribution < -0.4 is 10.6 Å². The zero-order valence-corrected chi connectivity index (χ0v) is 14.5. The average molecular weight is 337 g/mol. The normalized spacial score (nSPS) is 26.1. The van der Waals surface area contributed by atoms with Crippen molar-refractivity contribution in [1.82, 2.24) is 15.6 Å². The fourth-order valence-electron chi connectivity index (χ4n) is 4.32. The summed E-state index contributed by atoms with van der Waals surface area (Å²) in [6, 6.07) is 15.1. The summed E-state index contributed by atoms with van der Waals surface area (Å²) >= 11 is 5.64. The van der Waals surface area contributed by atoms with Gasteiger partial charge in [-0.25, -0.2) is 0 Å². The molecule has 2 saturated carbocycles. The molecule has 4 atom stereocenters. The molecule has 2 bridgehead atoms. The van der Waals surface area contributed by atoms with Gasteiger partial charge < -0.3 is 10.6 Å². The molecular weight excluding hydrogens is 314 g/mol. The zero-order valence-electron chi connectivity index (χ0n) is 13.7. The van der Waals surface area contributed by atoms with Crippen molar-refractivity contribution in [3.8, 4) is 0 Å². The summed E-state index contributed by atoms with van der Waals surface area (Å²) in [6.07, 6.45) is 9.09. The number of benzene rings is 1. The minimum Gasteiger partial charge on any atom is -0.360 e. The minimum atomic E-state index is 0.0489. The first-order chi connectivity index (χ1) is 11.8. The van der Waals surface area contributed by atoms with E-state index in [2.05, 4.69) is 39.9 Å². The maximum Gasteiger partial charge on any atom is 0.167 e. The van der Waals surface area contributed by atoms with Crippen molar-refractivity contribution in [3.05, 3.63) is 66.0 Å². The van der Waals surface area contributed by atoms with Crippen molar-refractivity contribution in [2.45, 2.75) is 37.8 Å². The number of hydrogen-bond donors (Lipinski definition) is 2. The van der Waals surface area contributed by atoms with Crippen LogP contribution in [-0.2, 0) is 0 Å². The third-order valence-corrected chi connectivity index (χ3v) is 5.74. The van der Waals surface area contributed by atoms with Gasteiger partial charge in [0.2, 0.25) is 0 Å². The Labute approximate surface area is 148 Å². The summed E-state index contributed by atoms with van der Waals surface area (Å²) in [5, 5.41) is 7.88. The zero-order chi connectivity index (χ0) is 16.4. The van der Waals surface area contributed by atoms with Gasteiger partial charge >= 0.3 is 0 Å². The molecule has 124 valence electrons. The van der Waals surface area contributed by atoms with Crippen LogP contribution in [0.3, 0.4) is 0 Å². The summed E-state index contributed by atoms with van der Waals surface area (Å²) in [5.74, 6) is 1.73. The van der Waals surface area contributed by atoms with E-state index < -0.39 is 0 Å². The molecule has 0 amide bonds. The molecule has 0 unspecified atom stereocenters. The van der Waals surface area contributed by atoms with Crippen LogP contribution in [0.4, 0.5) is 0 Å². The van der Waals surface area contributed by atoms with E-state index >= 15 is 0 Å². The van der Waals surface area contributed by atoms with Crippen molar-refractivity contribution >= 4 is 17.3 Å². The highest BCUT2D eigenvalue weighted by Gasteiger charge is 2.39. The SMILES string of the molecule is S=C(N[C@@H](c1ccccc1)c1ccncc1)N[C@@H]1C[C@H]2CC[C@H]1C2. The first-order valence-corrected chi connectivity index (χ1v) is 9.22. The van der Waals surface area contributed by atoms with Gasteiger partial charge in [0.05, 0.1) is 6.04 Å². The van der Waals surface area contributed by atoms with Gasteiger partial charge in [0.25, 0.3) is 0 Å². The van der Waals surface area contributed by atoms with Crippen molar-refractivity contribution in [1.29, 1.82) is 0 Å². The van der Waals surface area contributed by atoms with Crippen LogP contribution in [0.25, 0.3) is 0 Å². The number of pyridine rings is 1. The van der Waals surface area contributed by atoms with E-state index in [-0.39, 0.29) is 6.04 Å². The van der Waals surface area contributed by atoms with Crippen LogP contribution in [-0.4, -0.2) is 16.1 Å². The van der Waals surface area contributed by atoms with Crippen LogP contribution in [0, 0.1) is 11.8 Å². The van der Waals surface area contributed by atoms with E-state index in [4.69, 9.17) is 12.2 Å². The Kier molecular flexibility index (Phi) is 4.48. The number of hydrogen-bond acceptors (Lipinski definition) is 2. The summed E-state index contributed by atoms with van der Waals surface area (Å²) < 4.78 is 0. The molecule has 3 nitrogen and oxygen atoms in total. The van der Waals surface area contributed by atoms with Crippen molar-refractivity contribution in [2.24, 2.45) is 11.8 Å². The van der Waals surface area contributed by atoms with Crippen LogP contribution in [0.2, 0.25) is 0 Å². The highest BCUT2D eigenvalue weighted by molar-refractivity contribution is 7.80. The lowest BCUT2D eigenvalue weighted by Crippen LogP contribution is -2.45. The number of fused-ring (bicyclic) bond motifs is 2. The second-order valence-electron chi connectivity index (χ2n) is 7.02. The van der Waals surface area contributed by atoms with Crippen LogP contribution in [0.15, 0.2) is 54.9 Å². The number of aromatic nitrogens is 1. The quantitative estimate of drug-likeness (QED) is 0.832. The lowest BCUT2D eigenvalue weighted by Gasteiger charge is -2.27. The molecule has 1 aromatic carbocycles. The topological polar surface area (TPSA) is 37.0 Å². The van der Waals surface area contributed by atoms with Crippen molar-refractivity contribution in [2.75, 3.05) is 0 Å². The number of nitrogens with one attached hydrogen (secondary N) is 2. The van der Waals surface area contributed by atoms with Gasteiger partial charge in [-0.05, 0) is 66.6 Å². The van der Waals surface area contributed by atoms with Gasteiger partial charge in [-0.3, -0.25) is 4.98 Å². The summed E-state index contributed by atoms with van der Waals surface area (Å²) in [6.45, 7) is 0. The largest absolute Gasteiger partial charge is 0.360 e. The van der Waals surface area contributed by atoms with Gasteiger partial charge in [-0.15, -0.1) is 0 Å². The Bertz CT molecular complexity index is 649. The Hall–Kier alpha value is -1.94. The maximum atomic E-state index is 5.64. The van der Waals surface area contributed by atoms with E-state index in [0.29, 0.717) is 6.04 Å². The summed E-state index contributed by atoms with van der Waals surface area (Å²) in [7, 11) is 0. The summed E-state index contributed by atoms with van der Waals surface area (Å²) in [4.78, 5) is 4.13. The number of thiocarbonyl (C=S) groups is 1. The lowest BCUT2D eigenvalue weighted by molar-refractivity contribution is 0.388. The monoisotopic (exact) mass is 337 g/mol. The van der Waals surface area contributed by atoms with E-state index in [9.17, 15) is 0 Å². The van der Waals surface area contributed by atoms with Gasteiger partial charge in [-0.1, -0.05) is 36.8 Å². The number of rotatable bonds is 4. The molecule has 24 heavy (non-hydrogen) atoms. The third-order valence-electron chi connectivity index (χ3n) is 5.50. The first kappa shape index (κ1) is 15.6. The molecule has 2 aromatic rings. The van der Waals surface area contributed by atoms with Crippen molar-refractivity contribution < 1.29 is 0 Å². The fraction of sp³-hybridized carbons (Fsp3) is 0.400. The molecular formula is C20H23N3S. The Morgan fingerprint density at radius 2 is 1.75 bits per heavy atom. The minimum absolute atomic E-state index is 0.0489. The first-order valence-electron chi connectivity index (χ1n) is 8.81. The molecule has 0 radical (unpaired) electrons. The Balaban J connectivity index is 1.48. The molecule has 1 aromatic heterocycles. The predicted octanol–water partition coefficient (Wildman–Crippen LogP) is 3.82. The van der Waals surface area contributed by atoms with Gasteiger partial charge in [0, 0.05) is 18.4 Å². The standard InChI is InChI=1S/C20H23N3S/c24-20(22-18-13-14-6-7-17(18)12-14)23-19(15-4-2-1-3-5-15)16-8-10-21-11-9-16/h1-5,8-11,14,17-19H,6-7,12-13H2,(H2,22,23,24)/t14-,17-,18+,19-/m0/s1. The fourth-order valence-corrected chi connectivity index (χ4v) is 4.59. The second kappa shape index (κ2) is 6.89. The smallest absolute Gasteiger partial charge is 0.167 e. The van der Waals surface area contributed by atoms with Crippen molar-refractivity contribution in [3.63, 3.8) is 0 Å². The molecule has 0 aliphatic heterocycles. The molecule has 2 N–H and O–H groups in total. The van der Waals surface area contributed by atoms with E-state index in [0.717, 1.165) is 16.9 Å². The molecule has 2 aliphatic rings. The van der Waals surface area contributed by atoms with Gasteiger partial charge in [0.15, 0.2) is 5.11 Å². The molecule has 4 rings (SSSR count). The molecule has 0 spiro atoms. The summed E-state index contributed by atoms with van der Waals surface area (Å²) in [5.41, 5.74) is 2.38. The molecule has 0 saturated heterocycles. The molecule has 2 fully saturated rings. The third kappa shape index (κ3) is 3.29. The molecule has 4 heteroatoms. The van der Waals surface area contributed by atoms with E-state index in [1.807, 2.05) is 30.6 Å². The number of nitrogens with zero attached hydrogens (tertiary/aromatic N) is 1. The van der Waals surface area contributed by atoms with E-state index in [1.54, 1.807) is 0 Å². The Morgan fingerprint density at radius 3 is 2.42 bits per heavy atom. The molecule has 1 heterocycles. The predicted molar refractivity (Wildman–Crippen MR) is 101 cm³/mol. The Morgan fingerprint density at radius 1 is 1.00 bits per heavy atom. The van der Waals surface area contributed by atoms with Gasteiger partial charge in [0.1, 0.15) is 0 Å². The average Bonchev–Trinajstić information content (AvgIpc) is 3.24.